The molecule has 182 valence electrons. The van der Waals surface area contributed by atoms with E-state index in [1.807, 2.05) is 55.9 Å². The van der Waals surface area contributed by atoms with E-state index in [1.54, 1.807) is 7.05 Å². The maximum atomic E-state index is 12.6. The first-order valence-corrected chi connectivity index (χ1v) is 12.1. The fourth-order valence-electron chi connectivity index (χ4n) is 4.47. The minimum Gasteiger partial charge on any atom is -0.443 e. The van der Waals surface area contributed by atoms with Gasteiger partial charge in [-0.15, -0.1) is 0 Å². The predicted molar refractivity (Wildman–Crippen MR) is 136 cm³/mol. The molecule has 0 aromatic carbocycles. The highest BCUT2D eigenvalue weighted by atomic mass is 16.6. The Hall–Kier alpha value is -2.93. The number of pyridine rings is 2. The fraction of sp³-hybridized carbons (Fsp3) is 0.519. The number of piperidine rings is 1. The van der Waals surface area contributed by atoms with Crippen LogP contribution in [0.2, 0.25) is 0 Å². The van der Waals surface area contributed by atoms with Gasteiger partial charge in [0.05, 0.1) is 23.1 Å². The Bertz CT molecular complexity index is 1170. The predicted octanol–water partition coefficient (Wildman–Crippen LogP) is 5.75. The number of ether oxygens (including phenoxy) is 1. The molecule has 1 saturated heterocycles. The number of hydrogen-bond donors (Lipinski definition) is 0. The molecule has 0 spiro atoms. The monoisotopic (exact) mass is 463 g/mol. The molecule has 0 radical (unpaired) electrons. The van der Waals surface area contributed by atoms with Gasteiger partial charge < -0.3 is 4.74 Å². The molecule has 34 heavy (non-hydrogen) atoms. The van der Waals surface area contributed by atoms with Crippen molar-refractivity contribution in [3.63, 3.8) is 0 Å². The number of rotatable bonds is 3. The number of aromatic nitrogens is 3. The van der Waals surface area contributed by atoms with Crippen molar-refractivity contribution in [1.82, 2.24) is 19.5 Å². The van der Waals surface area contributed by atoms with Crippen LogP contribution < -0.4 is 4.90 Å². The maximum absolute atomic E-state index is 12.6. The van der Waals surface area contributed by atoms with E-state index in [-0.39, 0.29) is 5.54 Å². The van der Waals surface area contributed by atoms with E-state index in [0.717, 1.165) is 47.7 Å². The Labute approximate surface area is 202 Å². The van der Waals surface area contributed by atoms with Crippen LogP contribution in [0.5, 0.6) is 0 Å². The summed E-state index contributed by atoms with van der Waals surface area (Å²) in [5, 5.41) is 4.52. The number of nitrogens with zero attached hydrogens (tertiary/aromatic N) is 5. The average molecular weight is 464 g/mol. The first-order valence-electron chi connectivity index (χ1n) is 12.1. The number of hydrogen-bond acceptors (Lipinski definition) is 5. The van der Waals surface area contributed by atoms with Crippen LogP contribution in [0.4, 0.5) is 10.5 Å². The second-order valence-electron chi connectivity index (χ2n) is 11.2. The molecule has 1 unspecified atom stereocenters. The summed E-state index contributed by atoms with van der Waals surface area (Å²) in [7, 11) is 1.72. The van der Waals surface area contributed by atoms with E-state index in [9.17, 15) is 4.79 Å². The minimum absolute atomic E-state index is 0.162. The van der Waals surface area contributed by atoms with Crippen molar-refractivity contribution >= 4 is 17.3 Å². The molecule has 0 N–H and O–H groups in total. The number of carbonyl (C=O) groups excluding carboxylic acids is 1. The van der Waals surface area contributed by atoms with Crippen molar-refractivity contribution in [3.05, 3.63) is 48.4 Å². The Kier molecular flexibility index (Phi) is 6.42. The molecule has 4 heterocycles. The topological polar surface area (TPSA) is 63.0 Å². The third-order valence-electron chi connectivity index (χ3n) is 6.39. The zero-order valence-corrected chi connectivity index (χ0v) is 21.5. The molecule has 4 rings (SSSR count). The lowest BCUT2D eigenvalue weighted by molar-refractivity contribution is 0.0589. The third kappa shape index (κ3) is 5.25. The van der Waals surface area contributed by atoms with Gasteiger partial charge in [-0.1, -0.05) is 6.07 Å². The Balaban J connectivity index is 1.63. The summed E-state index contributed by atoms with van der Waals surface area (Å²) in [5.74, 6) is 0.420. The third-order valence-corrected chi connectivity index (χ3v) is 6.39. The van der Waals surface area contributed by atoms with Crippen molar-refractivity contribution in [1.29, 1.82) is 0 Å². The first kappa shape index (κ1) is 24.2. The largest absolute Gasteiger partial charge is 0.443 e. The summed E-state index contributed by atoms with van der Waals surface area (Å²) < 4.78 is 7.34. The van der Waals surface area contributed by atoms with Crippen LogP contribution in [0, 0.1) is 0 Å². The molecule has 1 amide bonds. The van der Waals surface area contributed by atoms with Gasteiger partial charge in [-0.2, -0.15) is 5.10 Å². The first-order chi connectivity index (χ1) is 15.9. The van der Waals surface area contributed by atoms with E-state index in [2.05, 4.69) is 42.9 Å². The number of likely N-dealkylation sites (tertiary alicyclic amines) is 1. The molecule has 7 nitrogen and oxygen atoms in total. The Morgan fingerprint density at radius 3 is 2.62 bits per heavy atom. The second kappa shape index (κ2) is 9.02. The van der Waals surface area contributed by atoms with Crippen molar-refractivity contribution in [2.24, 2.45) is 0 Å². The molecule has 3 aromatic heterocycles. The van der Waals surface area contributed by atoms with Crippen molar-refractivity contribution < 1.29 is 9.53 Å². The SMILES string of the molecule is CN(C(=O)OC(C)(C)C)c1ccn2ncc(-c3cccc(C4CCCN(C(C)(C)C)C4)n3)c2c1. The van der Waals surface area contributed by atoms with Crippen LogP contribution in [0.15, 0.2) is 42.7 Å². The van der Waals surface area contributed by atoms with Gasteiger partial charge >= 0.3 is 6.09 Å². The number of fused-ring (bicyclic) bond motifs is 1. The lowest BCUT2D eigenvalue weighted by Gasteiger charge is -2.41. The standard InChI is InChI=1S/C27H37N5O2/c1-26(2,3)31-14-9-10-19(18-31)22-11-8-12-23(29-22)21-17-28-32-15-13-20(16-24(21)32)30(7)25(33)34-27(4,5)6/h8,11-13,15-17,19H,9-10,14,18H2,1-7H3. The van der Waals surface area contributed by atoms with E-state index in [0.29, 0.717) is 5.92 Å². The van der Waals surface area contributed by atoms with Crippen molar-refractivity contribution in [3.8, 4) is 11.3 Å². The zero-order chi connectivity index (χ0) is 24.7. The lowest BCUT2D eigenvalue weighted by Crippen LogP contribution is -2.46. The highest BCUT2D eigenvalue weighted by Gasteiger charge is 2.29. The summed E-state index contributed by atoms with van der Waals surface area (Å²) >= 11 is 0. The van der Waals surface area contributed by atoms with Gasteiger partial charge in [0.15, 0.2) is 0 Å². The van der Waals surface area contributed by atoms with Gasteiger partial charge in [-0.05, 0) is 85.2 Å². The smallest absolute Gasteiger partial charge is 0.414 e. The molecular formula is C27H37N5O2. The molecule has 1 fully saturated rings. The van der Waals surface area contributed by atoms with E-state index < -0.39 is 11.7 Å². The Morgan fingerprint density at radius 1 is 1.15 bits per heavy atom. The van der Waals surface area contributed by atoms with Gasteiger partial charge in [0, 0.05) is 42.5 Å². The van der Waals surface area contributed by atoms with Crippen LogP contribution in [-0.4, -0.2) is 56.9 Å². The maximum Gasteiger partial charge on any atom is 0.414 e. The van der Waals surface area contributed by atoms with Crippen LogP contribution >= 0.6 is 0 Å². The van der Waals surface area contributed by atoms with Gasteiger partial charge in [0.1, 0.15) is 5.60 Å². The van der Waals surface area contributed by atoms with E-state index in [4.69, 9.17) is 9.72 Å². The highest BCUT2D eigenvalue weighted by Crippen LogP contribution is 2.32. The van der Waals surface area contributed by atoms with Crippen molar-refractivity contribution in [2.75, 3.05) is 25.0 Å². The van der Waals surface area contributed by atoms with Crippen LogP contribution in [0.25, 0.3) is 16.8 Å². The molecule has 1 aliphatic rings. The summed E-state index contributed by atoms with van der Waals surface area (Å²) in [5.41, 5.74) is 4.23. The summed E-state index contributed by atoms with van der Waals surface area (Å²) in [4.78, 5) is 21.7. The average Bonchev–Trinajstić information content (AvgIpc) is 3.20. The quantitative estimate of drug-likeness (QED) is 0.495. The fourth-order valence-corrected chi connectivity index (χ4v) is 4.47. The van der Waals surface area contributed by atoms with Gasteiger partial charge in [-0.3, -0.25) is 14.8 Å². The summed E-state index contributed by atoms with van der Waals surface area (Å²) in [6, 6.07) is 10.1. The molecule has 0 bridgehead atoms. The van der Waals surface area contributed by atoms with Crippen LogP contribution in [0.1, 0.15) is 66.0 Å². The Morgan fingerprint density at radius 2 is 1.91 bits per heavy atom. The van der Waals surface area contributed by atoms with Crippen LogP contribution in [0.3, 0.4) is 0 Å². The zero-order valence-electron chi connectivity index (χ0n) is 21.5. The second-order valence-corrected chi connectivity index (χ2v) is 11.2. The van der Waals surface area contributed by atoms with Gasteiger partial charge in [0.2, 0.25) is 0 Å². The lowest BCUT2D eigenvalue weighted by atomic mass is 9.90. The van der Waals surface area contributed by atoms with E-state index in [1.165, 1.54) is 11.3 Å². The number of amides is 1. The molecule has 1 aliphatic heterocycles. The van der Waals surface area contributed by atoms with Crippen LogP contribution in [-0.2, 0) is 4.74 Å². The number of anilines is 1. The molecule has 3 aromatic rings. The van der Waals surface area contributed by atoms with Gasteiger partial charge in [-0.25, -0.2) is 9.31 Å². The van der Waals surface area contributed by atoms with Gasteiger partial charge in [0.25, 0.3) is 0 Å². The molecule has 0 aliphatic carbocycles. The number of carbonyl (C=O) groups is 1. The molecule has 7 heteroatoms. The normalized spacial score (nSPS) is 17.7. The molecule has 0 saturated carbocycles. The summed E-state index contributed by atoms with van der Waals surface area (Å²) in [6.45, 7) is 14.6. The highest BCUT2D eigenvalue weighted by molar-refractivity contribution is 5.89. The minimum atomic E-state index is -0.552. The molecular weight excluding hydrogens is 426 g/mol. The van der Waals surface area contributed by atoms with E-state index >= 15 is 0 Å². The van der Waals surface area contributed by atoms with Crippen molar-refractivity contribution in [2.45, 2.75) is 71.4 Å². The molecule has 1 atom stereocenters. The summed E-state index contributed by atoms with van der Waals surface area (Å²) in [6.07, 6.45) is 5.66.